The molecule has 8 heteroatoms. The van der Waals surface area contributed by atoms with Crippen LogP contribution in [0.5, 0.6) is 0 Å². The van der Waals surface area contributed by atoms with Crippen LogP contribution in [0.1, 0.15) is 0 Å². The fourth-order valence-electron chi connectivity index (χ4n) is 1.40. The largest absolute Gasteiger partial charge is 0.395 e. The molecule has 0 amide bonds. The molecule has 0 atom stereocenters. The lowest BCUT2D eigenvalue weighted by molar-refractivity contribution is -0.384. The van der Waals surface area contributed by atoms with E-state index < -0.39 is 4.92 Å². The van der Waals surface area contributed by atoms with E-state index in [1.165, 1.54) is 12.1 Å². The quantitative estimate of drug-likeness (QED) is 0.455. The fourth-order valence-corrected chi connectivity index (χ4v) is 1.60. The van der Waals surface area contributed by atoms with Gasteiger partial charge < -0.3 is 14.7 Å². The topological polar surface area (TPSA) is 88.7 Å². The van der Waals surface area contributed by atoms with Gasteiger partial charge in [0.05, 0.1) is 30.3 Å². The Kier molecular flexibility index (Phi) is 5.76. The van der Waals surface area contributed by atoms with Crippen molar-refractivity contribution in [2.45, 2.75) is 0 Å². The van der Waals surface area contributed by atoms with Crippen molar-refractivity contribution in [2.24, 2.45) is 0 Å². The molecule has 0 unspecified atom stereocenters. The first kappa shape index (κ1) is 14.6. The van der Waals surface area contributed by atoms with Crippen LogP contribution in [0.3, 0.4) is 0 Å². The molecule has 7 nitrogen and oxygen atoms in total. The van der Waals surface area contributed by atoms with Crippen LogP contribution >= 0.6 is 11.6 Å². The molecule has 0 saturated carbocycles. The second-order valence-electron chi connectivity index (χ2n) is 3.47. The zero-order chi connectivity index (χ0) is 13.5. The number of pyridine rings is 1. The minimum atomic E-state index is -0.537. The highest BCUT2D eigenvalue weighted by molar-refractivity contribution is 6.29. The molecular weight excluding hydrogens is 262 g/mol. The van der Waals surface area contributed by atoms with Crippen LogP contribution in [0.4, 0.5) is 11.5 Å². The summed E-state index contributed by atoms with van der Waals surface area (Å²) in [5.74, 6) is 0.348. The number of ether oxygens (including phenoxy) is 1. The van der Waals surface area contributed by atoms with E-state index in [1.807, 2.05) is 0 Å². The Hall–Kier alpha value is -1.44. The van der Waals surface area contributed by atoms with Gasteiger partial charge in [-0.15, -0.1) is 0 Å². The summed E-state index contributed by atoms with van der Waals surface area (Å²) >= 11 is 5.74. The Morgan fingerprint density at radius 1 is 1.56 bits per heavy atom. The van der Waals surface area contributed by atoms with E-state index >= 15 is 0 Å². The number of anilines is 1. The maximum atomic E-state index is 10.7. The molecule has 1 rings (SSSR count). The van der Waals surface area contributed by atoms with E-state index in [1.54, 1.807) is 12.0 Å². The zero-order valence-corrected chi connectivity index (χ0v) is 10.6. The first-order valence-corrected chi connectivity index (χ1v) is 5.63. The Balaban J connectivity index is 2.98. The number of methoxy groups -OCH3 is 1. The lowest BCUT2D eigenvalue weighted by Gasteiger charge is -2.22. The van der Waals surface area contributed by atoms with Crippen molar-refractivity contribution in [1.82, 2.24) is 4.98 Å². The summed E-state index contributed by atoms with van der Waals surface area (Å²) in [6, 6.07) is 2.50. The van der Waals surface area contributed by atoms with Crippen LogP contribution in [0, 0.1) is 10.1 Å². The van der Waals surface area contributed by atoms with E-state index in [0.29, 0.717) is 25.5 Å². The summed E-state index contributed by atoms with van der Waals surface area (Å²) in [5.41, 5.74) is -0.134. The van der Waals surface area contributed by atoms with Crippen molar-refractivity contribution in [3.05, 3.63) is 27.4 Å². The number of aromatic nitrogens is 1. The monoisotopic (exact) mass is 275 g/mol. The predicted octanol–water partition coefficient (Wildman–Crippen LogP) is 1.09. The molecule has 0 aromatic carbocycles. The molecule has 1 aromatic rings. The van der Waals surface area contributed by atoms with Crippen molar-refractivity contribution in [1.29, 1.82) is 0 Å². The smallest absolute Gasteiger partial charge is 0.276 e. The standard InChI is InChI=1S/C10H14ClN3O4/c1-18-5-3-13(2-4-15)10-7-8(14(16)17)6-9(11)12-10/h6-7,15H,2-5H2,1H3. The molecule has 0 saturated heterocycles. The van der Waals surface area contributed by atoms with E-state index in [2.05, 4.69) is 4.98 Å². The van der Waals surface area contributed by atoms with Crippen molar-refractivity contribution in [3.8, 4) is 0 Å². The normalized spacial score (nSPS) is 10.4. The van der Waals surface area contributed by atoms with Crippen LogP contribution in [0.2, 0.25) is 5.15 Å². The van der Waals surface area contributed by atoms with E-state index in [-0.39, 0.29) is 17.4 Å². The average Bonchev–Trinajstić information content (AvgIpc) is 2.33. The predicted molar refractivity (Wildman–Crippen MR) is 67.1 cm³/mol. The van der Waals surface area contributed by atoms with Crippen LogP contribution in [0.15, 0.2) is 12.1 Å². The highest BCUT2D eigenvalue weighted by Crippen LogP contribution is 2.23. The molecule has 18 heavy (non-hydrogen) atoms. The number of aliphatic hydroxyl groups is 1. The Bertz CT molecular complexity index is 416. The highest BCUT2D eigenvalue weighted by Gasteiger charge is 2.14. The van der Waals surface area contributed by atoms with Gasteiger partial charge in [0.1, 0.15) is 11.0 Å². The number of halogens is 1. The molecule has 0 fully saturated rings. The van der Waals surface area contributed by atoms with Gasteiger partial charge >= 0.3 is 0 Å². The summed E-state index contributed by atoms with van der Waals surface area (Å²) in [6.45, 7) is 1.09. The number of nitro groups is 1. The summed E-state index contributed by atoms with van der Waals surface area (Å²) in [7, 11) is 1.55. The van der Waals surface area contributed by atoms with Crippen molar-refractivity contribution in [3.63, 3.8) is 0 Å². The molecule has 1 aromatic heterocycles. The third-order valence-corrected chi connectivity index (χ3v) is 2.43. The lowest BCUT2D eigenvalue weighted by atomic mass is 10.3. The van der Waals surface area contributed by atoms with Gasteiger partial charge in [0.25, 0.3) is 5.69 Å². The minimum Gasteiger partial charge on any atom is -0.395 e. The summed E-state index contributed by atoms with van der Waals surface area (Å²) in [5, 5.41) is 19.7. The van der Waals surface area contributed by atoms with E-state index in [0.717, 1.165) is 0 Å². The lowest BCUT2D eigenvalue weighted by Crippen LogP contribution is -2.31. The highest BCUT2D eigenvalue weighted by atomic mass is 35.5. The molecule has 1 heterocycles. The molecular formula is C10H14ClN3O4. The third kappa shape index (κ3) is 4.10. The van der Waals surface area contributed by atoms with Crippen molar-refractivity contribution >= 4 is 23.1 Å². The Labute approximate surface area is 109 Å². The maximum absolute atomic E-state index is 10.7. The first-order chi connectivity index (χ1) is 8.58. The number of hydrogen-bond acceptors (Lipinski definition) is 6. The Morgan fingerprint density at radius 2 is 2.28 bits per heavy atom. The summed E-state index contributed by atoms with van der Waals surface area (Å²) in [6.07, 6.45) is 0. The van der Waals surface area contributed by atoms with Gasteiger partial charge in [0.2, 0.25) is 0 Å². The summed E-state index contributed by atoms with van der Waals surface area (Å²) < 4.78 is 4.93. The number of aliphatic hydroxyl groups excluding tert-OH is 1. The maximum Gasteiger partial charge on any atom is 0.276 e. The van der Waals surface area contributed by atoms with Crippen LogP contribution < -0.4 is 4.90 Å². The van der Waals surface area contributed by atoms with Gasteiger partial charge in [0, 0.05) is 20.2 Å². The average molecular weight is 276 g/mol. The van der Waals surface area contributed by atoms with Crippen LogP contribution in [0.25, 0.3) is 0 Å². The van der Waals surface area contributed by atoms with E-state index in [9.17, 15) is 10.1 Å². The third-order valence-electron chi connectivity index (χ3n) is 2.24. The van der Waals surface area contributed by atoms with Gasteiger partial charge in [-0.1, -0.05) is 11.6 Å². The minimum absolute atomic E-state index is 0.0413. The van der Waals surface area contributed by atoms with Gasteiger partial charge in [-0.05, 0) is 0 Å². The number of rotatable bonds is 7. The van der Waals surface area contributed by atoms with Crippen LogP contribution in [-0.2, 0) is 4.74 Å². The van der Waals surface area contributed by atoms with Gasteiger partial charge in [-0.3, -0.25) is 10.1 Å². The number of hydrogen-bond donors (Lipinski definition) is 1. The molecule has 1 N–H and O–H groups in total. The Morgan fingerprint density at radius 3 is 2.83 bits per heavy atom. The second kappa shape index (κ2) is 7.10. The number of nitrogens with zero attached hydrogens (tertiary/aromatic N) is 3. The van der Waals surface area contributed by atoms with Crippen molar-refractivity contribution in [2.75, 3.05) is 38.3 Å². The molecule has 0 aliphatic carbocycles. The van der Waals surface area contributed by atoms with Gasteiger partial charge in [-0.2, -0.15) is 0 Å². The van der Waals surface area contributed by atoms with E-state index in [4.69, 9.17) is 21.4 Å². The van der Waals surface area contributed by atoms with Crippen molar-refractivity contribution < 1.29 is 14.8 Å². The molecule has 0 aliphatic rings. The second-order valence-corrected chi connectivity index (χ2v) is 3.85. The zero-order valence-electron chi connectivity index (χ0n) is 9.87. The molecule has 0 bridgehead atoms. The molecule has 0 spiro atoms. The summed E-state index contributed by atoms with van der Waals surface area (Å²) in [4.78, 5) is 15.9. The van der Waals surface area contributed by atoms with Gasteiger partial charge in [-0.25, -0.2) is 4.98 Å². The van der Waals surface area contributed by atoms with Crippen LogP contribution in [-0.4, -0.2) is 48.4 Å². The molecule has 100 valence electrons. The molecule has 0 aliphatic heterocycles. The fraction of sp³-hybridized carbons (Fsp3) is 0.500. The SMILES string of the molecule is COCCN(CCO)c1cc([N+](=O)[O-])cc(Cl)n1. The first-order valence-electron chi connectivity index (χ1n) is 5.25. The van der Waals surface area contributed by atoms with Gasteiger partial charge in [0.15, 0.2) is 0 Å². The molecule has 0 radical (unpaired) electrons.